The van der Waals surface area contributed by atoms with E-state index in [0.717, 1.165) is 18.7 Å². The molecule has 0 amide bonds. The van der Waals surface area contributed by atoms with E-state index in [1.165, 1.54) is 19.0 Å². The number of nitrogens with zero attached hydrogens (tertiary/aromatic N) is 1. The zero-order valence-electron chi connectivity index (χ0n) is 11.3. The summed E-state index contributed by atoms with van der Waals surface area (Å²) in [7, 11) is 0. The van der Waals surface area contributed by atoms with Gasteiger partial charge in [0, 0.05) is 18.7 Å². The topological polar surface area (TPSA) is 68.3 Å². The molecule has 2 saturated carbocycles. The van der Waals surface area contributed by atoms with Crippen LogP contribution in [0, 0.1) is 0 Å². The van der Waals surface area contributed by atoms with Crippen LogP contribution in [-0.4, -0.2) is 28.9 Å². The third-order valence-corrected chi connectivity index (χ3v) is 3.68. The molecule has 1 N–H and O–H groups in total. The van der Waals surface area contributed by atoms with Gasteiger partial charge in [-0.05, 0) is 44.2 Å². The molecular weight excluding hydrogens is 256 g/mol. The van der Waals surface area contributed by atoms with Gasteiger partial charge in [-0.3, -0.25) is 4.79 Å². The van der Waals surface area contributed by atoms with Crippen LogP contribution in [0.15, 0.2) is 18.3 Å². The molecule has 5 heteroatoms. The molecule has 1 heterocycles. The van der Waals surface area contributed by atoms with E-state index in [-0.39, 0.29) is 5.78 Å². The molecule has 20 heavy (non-hydrogen) atoms. The van der Waals surface area contributed by atoms with E-state index in [0.29, 0.717) is 24.4 Å². The Hall–Kier alpha value is -1.91. The van der Waals surface area contributed by atoms with E-state index in [9.17, 15) is 9.59 Å². The van der Waals surface area contributed by atoms with Crippen molar-refractivity contribution < 1.29 is 14.3 Å². The number of hydrogen-bond acceptors (Lipinski definition) is 5. The summed E-state index contributed by atoms with van der Waals surface area (Å²) in [6, 6.07) is 3.99. The van der Waals surface area contributed by atoms with Crippen LogP contribution >= 0.6 is 0 Å². The number of aromatic nitrogens is 1. The SMILES string of the molecule is O=C(OC1CCCCC1=O)c1ccc(NC2CC2)nc1. The molecule has 2 aliphatic rings. The van der Waals surface area contributed by atoms with Crippen molar-refractivity contribution >= 4 is 17.6 Å². The van der Waals surface area contributed by atoms with Crippen molar-refractivity contribution in [3.05, 3.63) is 23.9 Å². The second kappa shape index (κ2) is 5.61. The first-order valence-electron chi connectivity index (χ1n) is 7.18. The first kappa shape index (κ1) is 13.1. The van der Waals surface area contributed by atoms with E-state index in [4.69, 9.17) is 4.74 Å². The minimum atomic E-state index is -0.569. The van der Waals surface area contributed by atoms with Crippen molar-refractivity contribution in [3.8, 4) is 0 Å². The monoisotopic (exact) mass is 274 g/mol. The van der Waals surface area contributed by atoms with E-state index in [1.54, 1.807) is 12.1 Å². The number of esters is 1. The van der Waals surface area contributed by atoms with Gasteiger partial charge in [-0.25, -0.2) is 9.78 Å². The summed E-state index contributed by atoms with van der Waals surface area (Å²) >= 11 is 0. The molecule has 106 valence electrons. The van der Waals surface area contributed by atoms with Crippen LogP contribution in [0.1, 0.15) is 48.9 Å². The lowest BCUT2D eigenvalue weighted by molar-refractivity contribution is -0.129. The number of rotatable bonds is 4. The predicted octanol–water partition coefficient (Wildman–Crippen LogP) is 2.32. The zero-order chi connectivity index (χ0) is 13.9. The Labute approximate surface area is 117 Å². The summed E-state index contributed by atoms with van der Waals surface area (Å²) in [5.74, 6) is 0.345. The maximum Gasteiger partial charge on any atom is 0.340 e. The van der Waals surface area contributed by atoms with Crippen LogP contribution in [0.4, 0.5) is 5.82 Å². The zero-order valence-corrected chi connectivity index (χ0v) is 11.3. The summed E-state index contributed by atoms with van der Waals surface area (Å²) in [6.07, 6.45) is 6.27. The molecule has 0 aliphatic heterocycles. The van der Waals surface area contributed by atoms with Crippen molar-refractivity contribution in [3.63, 3.8) is 0 Å². The number of nitrogens with one attached hydrogen (secondary N) is 1. The van der Waals surface area contributed by atoms with Gasteiger partial charge in [0.2, 0.25) is 0 Å². The number of ketones is 1. The molecule has 0 saturated heterocycles. The second-order valence-electron chi connectivity index (χ2n) is 5.46. The molecule has 0 aromatic carbocycles. The van der Waals surface area contributed by atoms with Gasteiger partial charge in [0.05, 0.1) is 5.56 Å². The average molecular weight is 274 g/mol. The molecule has 0 radical (unpaired) electrons. The standard InChI is InChI=1S/C15H18N2O3/c18-12-3-1-2-4-13(12)20-15(19)10-5-8-14(16-9-10)17-11-6-7-11/h5,8-9,11,13H,1-4,6-7H2,(H,16,17). The van der Waals surface area contributed by atoms with E-state index >= 15 is 0 Å². The largest absolute Gasteiger partial charge is 0.451 e. The molecule has 1 unspecified atom stereocenters. The molecule has 1 aromatic rings. The van der Waals surface area contributed by atoms with Crippen molar-refractivity contribution in [1.82, 2.24) is 4.98 Å². The third kappa shape index (κ3) is 3.15. The minimum absolute atomic E-state index is 0.0320. The molecule has 1 atom stereocenters. The predicted molar refractivity (Wildman–Crippen MR) is 73.6 cm³/mol. The summed E-state index contributed by atoms with van der Waals surface area (Å²) in [5.41, 5.74) is 0.393. The van der Waals surface area contributed by atoms with Gasteiger partial charge in [0.25, 0.3) is 0 Å². The van der Waals surface area contributed by atoms with Gasteiger partial charge in [-0.1, -0.05) is 0 Å². The minimum Gasteiger partial charge on any atom is -0.451 e. The van der Waals surface area contributed by atoms with Crippen LogP contribution in [0.5, 0.6) is 0 Å². The lowest BCUT2D eigenvalue weighted by Crippen LogP contribution is -2.30. The van der Waals surface area contributed by atoms with Crippen LogP contribution < -0.4 is 5.32 Å². The van der Waals surface area contributed by atoms with Crippen molar-refractivity contribution in [2.24, 2.45) is 0 Å². The first-order valence-corrected chi connectivity index (χ1v) is 7.18. The molecule has 5 nitrogen and oxygen atoms in total. The van der Waals surface area contributed by atoms with Gasteiger partial charge < -0.3 is 10.1 Å². The molecule has 0 bridgehead atoms. The number of ether oxygens (including phenoxy) is 1. The van der Waals surface area contributed by atoms with Crippen molar-refractivity contribution in [2.75, 3.05) is 5.32 Å². The Bertz CT molecular complexity index is 508. The summed E-state index contributed by atoms with van der Waals surface area (Å²) in [6.45, 7) is 0. The number of hydrogen-bond donors (Lipinski definition) is 1. The van der Waals surface area contributed by atoms with Crippen LogP contribution in [0.25, 0.3) is 0 Å². The van der Waals surface area contributed by atoms with Crippen LogP contribution in [0.2, 0.25) is 0 Å². The van der Waals surface area contributed by atoms with E-state index in [2.05, 4.69) is 10.3 Å². The number of anilines is 1. The Balaban J connectivity index is 1.59. The Morgan fingerprint density at radius 3 is 2.75 bits per heavy atom. The fourth-order valence-electron chi connectivity index (χ4n) is 2.31. The quantitative estimate of drug-likeness (QED) is 0.853. The van der Waals surface area contributed by atoms with Crippen molar-refractivity contribution in [1.29, 1.82) is 0 Å². The lowest BCUT2D eigenvalue weighted by atomic mass is 9.96. The van der Waals surface area contributed by atoms with Gasteiger partial charge in [-0.2, -0.15) is 0 Å². The number of Topliss-reactive ketones (excluding diaryl/α,β-unsaturated/α-hetero) is 1. The second-order valence-corrected chi connectivity index (χ2v) is 5.46. The molecule has 2 aliphatic carbocycles. The third-order valence-electron chi connectivity index (χ3n) is 3.68. The Morgan fingerprint density at radius 2 is 2.10 bits per heavy atom. The number of carbonyl (C=O) groups is 2. The van der Waals surface area contributed by atoms with Crippen molar-refractivity contribution in [2.45, 2.75) is 50.7 Å². The highest BCUT2D eigenvalue weighted by molar-refractivity contribution is 5.92. The smallest absolute Gasteiger partial charge is 0.340 e. The lowest BCUT2D eigenvalue weighted by Gasteiger charge is -2.20. The highest BCUT2D eigenvalue weighted by atomic mass is 16.5. The normalized spacial score (nSPS) is 22.4. The fourth-order valence-corrected chi connectivity index (χ4v) is 2.31. The van der Waals surface area contributed by atoms with Gasteiger partial charge in [0.15, 0.2) is 11.9 Å². The highest BCUT2D eigenvalue weighted by Gasteiger charge is 2.26. The Morgan fingerprint density at radius 1 is 1.25 bits per heavy atom. The van der Waals surface area contributed by atoms with E-state index in [1.807, 2.05) is 0 Å². The van der Waals surface area contributed by atoms with Crippen LogP contribution in [0.3, 0.4) is 0 Å². The maximum atomic E-state index is 12.0. The van der Waals surface area contributed by atoms with E-state index < -0.39 is 12.1 Å². The molecular formula is C15H18N2O3. The summed E-state index contributed by atoms with van der Waals surface area (Å²) < 4.78 is 5.27. The Kier molecular flexibility index (Phi) is 3.67. The maximum absolute atomic E-state index is 12.0. The molecule has 1 aromatic heterocycles. The number of pyridine rings is 1. The van der Waals surface area contributed by atoms with Gasteiger partial charge >= 0.3 is 5.97 Å². The molecule has 2 fully saturated rings. The first-order chi connectivity index (χ1) is 9.72. The average Bonchev–Trinajstić information content (AvgIpc) is 3.26. The van der Waals surface area contributed by atoms with Gasteiger partial charge in [0.1, 0.15) is 5.82 Å². The fraction of sp³-hybridized carbons (Fsp3) is 0.533. The summed E-state index contributed by atoms with van der Waals surface area (Å²) in [5, 5.41) is 3.25. The van der Waals surface area contributed by atoms with Gasteiger partial charge in [-0.15, -0.1) is 0 Å². The van der Waals surface area contributed by atoms with Crippen LogP contribution in [-0.2, 0) is 9.53 Å². The summed E-state index contributed by atoms with van der Waals surface area (Å²) in [4.78, 5) is 27.8. The highest BCUT2D eigenvalue weighted by Crippen LogP contribution is 2.24. The molecule has 0 spiro atoms. The molecule has 3 rings (SSSR count). The number of carbonyl (C=O) groups excluding carboxylic acids is 2.